The maximum absolute atomic E-state index is 12.5. The summed E-state index contributed by atoms with van der Waals surface area (Å²) in [6, 6.07) is 13.2. The van der Waals surface area contributed by atoms with Crippen LogP contribution in [0.4, 0.5) is 0 Å². The molecule has 0 unspecified atom stereocenters. The minimum atomic E-state index is -0.204. The van der Waals surface area contributed by atoms with E-state index in [0.717, 1.165) is 22.9 Å². The highest BCUT2D eigenvalue weighted by Crippen LogP contribution is 2.25. The summed E-state index contributed by atoms with van der Waals surface area (Å²) in [4.78, 5) is 29.5. The van der Waals surface area contributed by atoms with Gasteiger partial charge in [0.05, 0.1) is 11.1 Å². The molecule has 126 valence electrons. The molecule has 2 heterocycles. The fourth-order valence-electron chi connectivity index (χ4n) is 3.43. The van der Waals surface area contributed by atoms with Crippen molar-refractivity contribution in [1.29, 1.82) is 0 Å². The highest BCUT2D eigenvalue weighted by Gasteiger charge is 2.34. The molecule has 2 aromatic carbocycles. The second kappa shape index (κ2) is 6.18. The summed E-state index contributed by atoms with van der Waals surface area (Å²) in [7, 11) is 0. The van der Waals surface area contributed by atoms with Crippen molar-refractivity contribution in [2.24, 2.45) is 5.73 Å². The summed E-state index contributed by atoms with van der Waals surface area (Å²) in [5.74, 6) is -0.409. The fourth-order valence-corrected chi connectivity index (χ4v) is 3.43. The van der Waals surface area contributed by atoms with Gasteiger partial charge in [-0.05, 0) is 54.8 Å². The molecule has 5 heteroatoms. The van der Waals surface area contributed by atoms with E-state index in [1.54, 1.807) is 24.3 Å². The number of rotatable bonds is 5. The van der Waals surface area contributed by atoms with Gasteiger partial charge < -0.3 is 10.7 Å². The normalized spacial score (nSPS) is 13.7. The lowest BCUT2D eigenvalue weighted by atomic mass is 10.1. The Balaban J connectivity index is 1.56. The van der Waals surface area contributed by atoms with Gasteiger partial charge >= 0.3 is 0 Å². The van der Waals surface area contributed by atoms with Crippen molar-refractivity contribution in [3.8, 4) is 0 Å². The number of imide groups is 1. The summed E-state index contributed by atoms with van der Waals surface area (Å²) < 4.78 is 0. The molecule has 2 amide bonds. The number of fused-ring (bicyclic) bond motifs is 2. The van der Waals surface area contributed by atoms with Gasteiger partial charge in [0.1, 0.15) is 0 Å². The predicted molar refractivity (Wildman–Crippen MR) is 96.6 cm³/mol. The highest BCUT2D eigenvalue weighted by molar-refractivity contribution is 6.21. The average Bonchev–Trinajstić information content (AvgIpc) is 3.14. The molecular formula is C20H19N3O2. The molecule has 25 heavy (non-hydrogen) atoms. The van der Waals surface area contributed by atoms with E-state index >= 15 is 0 Å². The van der Waals surface area contributed by atoms with Crippen molar-refractivity contribution in [2.45, 2.75) is 12.8 Å². The van der Waals surface area contributed by atoms with Gasteiger partial charge in [0.2, 0.25) is 0 Å². The number of hydrogen-bond donors (Lipinski definition) is 2. The third-order valence-electron chi connectivity index (χ3n) is 4.75. The Hall–Kier alpha value is -2.92. The number of carbonyl (C=O) groups excluding carboxylic acids is 2. The minimum absolute atomic E-state index is 0.204. The quantitative estimate of drug-likeness (QED) is 0.704. The van der Waals surface area contributed by atoms with E-state index < -0.39 is 0 Å². The lowest BCUT2D eigenvalue weighted by Crippen LogP contribution is -2.31. The number of aromatic amines is 1. The lowest BCUT2D eigenvalue weighted by Gasteiger charge is -2.13. The van der Waals surface area contributed by atoms with Gasteiger partial charge in [-0.25, -0.2) is 0 Å². The van der Waals surface area contributed by atoms with Gasteiger partial charge in [-0.3, -0.25) is 14.5 Å². The number of nitrogens with two attached hydrogens (primary N) is 1. The summed E-state index contributed by atoms with van der Waals surface area (Å²) in [6.45, 7) is 0.987. The first-order valence-corrected chi connectivity index (χ1v) is 8.43. The third kappa shape index (κ3) is 2.62. The Morgan fingerprint density at radius 2 is 1.68 bits per heavy atom. The average molecular weight is 333 g/mol. The molecule has 5 nitrogen and oxygen atoms in total. The number of H-pyrrole nitrogens is 1. The van der Waals surface area contributed by atoms with Crippen molar-refractivity contribution < 1.29 is 9.59 Å². The van der Waals surface area contributed by atoms with Crippen LogP contribution in [0, 0.1) is 0 Å². The van der Waals surface area contributed by atoms with Crippen LogP contribution in [-0.2, 0) is 12.8 Å². The summed E-state index contributed by atoms with van der Waals surface area (Å²) in [5, 5.41) is 1.13. The minimum Gasteiger partial charge on any atom is -0.361 e. The molecule has 0 fully saturated rings. The molecule has 0 saturated heterocycles. The van der Waals surface area contributed by atoms with Crippen LogP contribution in [0.15, 0.2) is 48.7 Å². The van der Waals surface area contributed by atoms with Crippen LogP contribution in [0.2, 0.25) is 0 Å². The van der Waals surface area contributed by atoms with E-state index in [4.69, 9.17) is 5.73 Å². The Kier molecular flexibility index (Phi) is 3.86. The summed E-state index contributed by atoms with van der Waals surface area (Å²) in [6.07, 6.45) is 3.41. The zero-order chi connectivity index (χ0) is 17.4. The van der Waals surface area contributed by atoms with Crippen molar-refractivity contribution in [1.82, 2.24) is 9.88 Å². The largest absolute Gasteiger partial charge is 0.361 e. The smallest absolute Gasteiger partial charge is 0.261 e. The number of nitrogens with zero attached hydrogens (tertiary/aromatic N) is 1. The lowest BCUT2D eigenvalue weighted by molar-refractivity contribution is 0.0656. The number of hydrogen-bond acceptors (Lipinski definition) is 3. The Bertz CT molecular complexity index is 939. The van der Waals surface area contributed by atoms with E-state index in [2.05, 4.69) is 17.1 Å². The molecule has 0 spiro atoms. The van der Waals surface area contributed by atoms with Crippen LogP contribution in [0.5, 0.6) is 0 Å². The molecule has 0 radical (unpaired) electrons. The van der Waals surface area contributed by atoms with Crippen LogP contribution in [0.1, 0.15) is 31.8 Å². The Labute approximate surface area is 145 Å². The highest BCUT2D eigenvalue weighted by atomic mass is 16.2. The molecular weight excluding hydrogens is 314 g/mol. The van der Waals surface area contributed by atoms with Gasteiger partial charge in [0.25, 0.3) is 11.8 Å². The van der Waals surface area contributed by atoms with Crippen LogP contribution >= 0.6 is 0 Å². The predicted octanol–water partition coefficient (Wildman–Crippen LogP) is 2.51. The Morgan fingerprint density at radius 3 is 2.36 bits per heavy atom. The Morgan fingerprint density at radius 1 is 0.960 bits per heavy atom. The van der Waals surface area contributed by atoms with Crippen molar-refractivity contribution in [2.75, 3.05) is 13.1 Å². The molecule has 0 atom stereocenters. The molecule has 1 aliphatic heterocycles. The zero-order valence-corrected chi connectivity index (χ0v) is 13.8. The first kappa shape index (κ1) is 15.6. The maximum atomic E-state index is 12.5. The van der Waals surface area contributed by atoms with Gasteiger partial charge in [0.15, 0.2) is 0 Å². The second-order valence-electron chi connectivity index (χ2n) is 6.29. The van der Waals surface area contributed by atoms with E-state index in [-0.39, 0.29) is 11.8 Å². The van der Waals surface area contributed by atoms with E-state index in [0.29, 0.717) is 30.6 Å². The first-order valence-electron chi connectivity index (χ1n) is 8.43. The van der Waals surface area contributed by atoms with Crippen molar-refractivity contribution in [3.63, 3.8) is 0 Å². The molecule has 3 aromatic rings. The van der Waals surface area contributed by atoms with E-state index in [9.17, 15) is 9.59 Å². The molecule has 3 N–H and O–H groups in total. The first-order chi connectivity index (χ1) is 12.2. The molecule has 1 aromatic heterocycles. The van der Waals surface area contributed by atoms with E-state index in [1.165, 1.54) is 10.5 Å². The zero-order valence-electron chi connectivity index (χ0n) is 13.8. The van der Waals surface area contributed by atoms with E-state index in [1.807, 2.05) is 12.3 Å². The van der Waals surface area contributed by atoms with Gasteiger partial charge in [-0.2, -0.15) is 0 Å². The number of carbonyl (C=O) groups is 2. The van der Waals surface area contributed by atoms with Gasteiger partial charge in [0, 0.05) is 23.6 Å². The maximum Gasteiger partial charge on any atom is 0.261 e. The molecule has 4 rings (SSSR count). The summed E-state index contributed by atoms with van der Waals surface area (Å²) in [5.41, 5.74) is 9.98. The molecule has 1 aliphatic rings. The summed E-state index contributed by atoms with van der Waals surface area (Å²) >= 11 is 0. The van der Waals surface area contributed by atoms with Crippen molar-refractivity contribution in [3.05, 3.63) is 70.9 Å². The monoisotopic (exact) mass is 333 g/mol. The number of benzene rings is 2. The van der Waals surface area contributed by atoms with Crippen LogP contribution in [0.25, 0.3) is 10.9 Å². The number of nitrogens with one attached hydrogen (secondary N) is 1. The SMILES string of the molecule is NCCc1ccc2[nH]cc(CCN3C(=O)c4ccccc4C3=O)c2c1. The molecule has 0 bridgehead atoms. The van der Waals surface area contributed by atoms with Crippen LogP contribution in [0.3, 0.4) is 0 Å². The molecule has 0 aliphatic carbocycles. The topological polar surface area (TPSA) is 79.2 Å². The standard InChI is InChI=1S/C20H19N3O2/c21-9-7-13-5-6-18-17(11-13)14(12-22-18)8-10-23-19(24)15-3-1-2-4-16(15)20(23)25/h1-6,11-12,22H,7-10,21H2. The number of aromatic nitrogens is 1. The fraction of sp³-hybridized carbons (Fsp3) is 0.200. The number of amides is 2. The second-order valence-corrected chi connectivity index (χ2v) is 6.29. The van der Waals surface area contributed by atoms with Crippen molar-refractivity contribution >= 4 is 22.7 Å². The van der Waals surface area contributed by atoms with Gasteiger partial charge in [-0.15, -0.1) is 0 Å². The molecule has 0 saturated carbocycles. The third-order valence-corrected chi connectivity index (χ3v) is 4.75. The van der Waals surface area contributed by atoms with Crippen LogP contribution in [-0.4, -0.2) is 34.8 Å². The van der Waals surface area contributed by atoms with Gasteiger partial charge in [-0.1, -0.05) is 18.2 Å². The van der Waals surface area contributed by atoms with Crippen LogP contribution < -0.4 is 5.73 Å².